The summed E-state index contributed by atoms with van der Waals surface area (Å²) in [5.74, 6) is 1.33. The van der Waals surface area contributed by atoms with Gasteiger partial charge in [0.05, 0.1) is 6.61 Å². The maximum absolute atomic E-state index is 12.7. The minimum Gasteiger partial charge on any atom is -0.431 e. The molecule has 3 unspecified atom stereocenters. The molecule has 8 nitrogen and oxygen atoms in total. The summed E-state index contributed by atoms with van der Waals surface area (Å²) >= 11 is 0. The molecule has 0 radical (unpaired) electrons. The van der Waals surface area contributed by atoms with Crippen LogP contribution < -0.4 is 16.2 Å². The second-order valence-electron chi connectivity index (χ2n) is 11.0. The zero-order chi connectivity index (χ0) is 25.6. The average Bonchev–Trinajstić information content (AvgIpc) is 3.30. The number of nitrogen functional groups attached to an aromatic ring is 1. The number of hydrogen-bond donors (Lipinski definition) is 2. The predicted molar refractivity (Wildman–Crippen MR) is 136 cm³/mol. The number of pyridine rings is 1. The molecule has 2 saturated carbocycles. The lowest BCUT2D eigenvalue weighted by molar-refractivity contribution is -0.190. The highest BCUT2D eigenvalue weighted by Gasteiger charge is 2.60. The normalized spacial score (nSPS) is 31.4. The number of aliphatic imine (C=N–C) groups is 1. The van der Waals surface area contributed by atoms with Crippen LogP contribution in [0.2, 0.25) is 0 Å². The van der Waals surface area contributed by atoms with Crippen LogP contribution in [0.4, 0.5) is 14.6 Å². The largest absolute Gasteiger partial charge is 0.431 e. The molecule has 1 aromatic heterocycles. The molecule has 5 rings (SSSR count). The van der Waals surface area contributed by atoms with Gasteiger partial charge in [0.15, 0.2) is 11.6 Å². The second kappa shape index (κ2) is 9.87. The van der Waals surface area contributed by atoms with E-state index in [1.807, 2.05) is 6.08 Å². The van der Waals surface area contributed by atoms with Crippen molar-refractivity contribution in [3.8, 4) is 5.75 Å². The number of ether oxygens (including phenoxy) is 2. The molecule has 0 bridgehead atoms. The number of morpholine rings is 1. The van der Waals surface area contributed by atoms with Crippen LogP contribution in [0.15, 0.2) is 23.3 Å². The van der Waals surface area contributed by atoms with Crippen molar-refractivity contribution in [3.63, 3.8) is 0 Å². The van der Waals surface area contributed by atoms with E-state index >= 15 is 0 Å². The van der Waals surface area contributed by atoms with Crippen molar-refractivity contribution in [2.24, 2.45) is 28.5 Å². The second-order valence-corrected chi connectivity index (χ2v) is 11.0. The number of rotatable bonds is 8. The Balaban J connectivity index is 1.25. The van der Waals surface area contributed by atoms with E-state index in [-0.39, 0.29) is 23.2 Å². The lowest BCUT2D eigenvalue weighted by atomic mass is 9.88. The van der Waals surface area contributed by atoms with Crippen molar-refractivity contribution in [1.29, 1.82) is 0 Å². The van der Waals surface area contributed by atoms with Gasteiger partial charge in [-0.25, -0.2) is 4.98 Å². The fourth-order valence-electron chi connectivity index (χ4n) is 6.34. The average molecular weight is 505 g/mol. The number of nitrogens with zero attached hydrogens (tertiary/aromatic N) is 4. The Labute approximate surface area is 211 Å². The first-order valence-corrected chi connectivity index (χ1v) is 13.0. The minimum atomic E-state index is -2.98. The van der Waals surface area contributed by atoms with Gasteiger partial charge in [-0.1, -0.05) is 6.92 Å². The van der Waals surface area contributed by atoms with E-state index in [0.717, 1.165) is 44.9 Å². The highest BCUT2D eigenvalue weighted by atomic mass is 19.3. The van der Waals surface area contributed by atoms with Crippen LogP contribution in [0, 0.1) is 17.8 Å². The van der Waals surface area contributed by atoms with E-state index in [0.29, 0.717) is 35.1 Å². The lowest BCUT2D eigenvalue weighted by Gasteiger charge is -2.55. The van der Waals surface area contributed by atoms with Crippen molar-refractivity contribution < 1.29 is 18.3 Å². The van der Waals surface area contributed by atoms with Crippen LogP contribution in [0.25, 0.3) is 5.70 Å². The number of hydrogen-bond acceptors (Lipinski definition) is 8. The molecule has 3 heterocycles. The summed E-state index contributed by atoms with van der Waals surface area (Å²) in [6, 6.07) is 2.20. The summed E-state index contributed by atoms with van der Waals surface area (Å²) < 4.78 is 36.1. The standard InChI is InChI=1S/C26H38F2N6O2/c1-4-15(2)32-21(10-20(29)16-7-22(36-25(27)28)24(30)31-11-16)23-18-8-17(9-19(18)23)34-13-26(14-34)12-33(3)5-6-35-26/h7,10-11,15,17-19,23,25H,4-6,8-9,12-14,29H2,1-3H3,(H2,30,31). The maximum atomic E-state index is 12.7. The third kappa shape index (κ3) is 5.08. The summed E-state index contributed by atoms with van der Waals surface area (Å²) in [4.78, 5) is 14.0. The molecule has 4 N–H and O–H groups in total. The van der Waals surface area contributed by atoms with E-state index in [9.17, 15) is 8.78 Å². The van der Waals surface area contributed by atoms with Crippen molar-refractivity contribution in [2.45, 2.75) is 57.4 Å². The molecule has 198 valence electrons. The molecule has 0 amide bonds. The number of aromatic nitrogens is 1. The Morgan fingerprint density at radius 3 is 2.69 bits per heavy atom. The third-order valence-electron chi connectivity index (χ3n) is 8.39. The van der Waals surface area contributed by atoms with Gasteiger partial charge in [-0.15, -0.1) is 0 Å². The van der Waals surface area contributed by atoms with Crippen LogP contribution in [0.5, 0.6) is 5.75 Å². The van der Waals surface area contributed by atoms with E-state index < -0.39 is 6.61 Å². The number of likely N-dealkylation sites (N-methyl/N-ethyl adjacent to an activating group) is 1. The van der Waals surface area contributed by atoms with Crippen LogP contribution in [-0.2, 0) is 4.74 Å². The monoisotopic (exact) mass is 504 g/mol. The summed E-state index contributed by atoms with van der Waals surface area (Å²) in [5, 5.41) is 0. The molecule has 1 aromatic rings. The van der Waals surface area contributed by atoms with Gasteiger partial charge in [0, 0.05) is 67.3 Å². The van der Waals surface area contributed by atoms with Crippen molar-refractivity contribution >= 4 is 17.2 Å². The molecule has 36 heavy (non-hydrogen) atoms. The molecule has 4 fully saturated rings. The quantitative estimate of drug-likeness (QED) is 0.525. The van der Waals surface area contributed by atoms with Gasteiger partial charge in [-0.3, -0.25) is 9.89 Å². The fraction of sp³-hybridized carbons (Fsp3) is 0.692. The topological polar surface area (TPSA) is 102 Å². The van der Waals surface area contributed by atoms with Gasteiger partial charge in [-0.05, 0) is 57.2 Å². The van der Waals surface area contributed by atoms with E-state index in [1.54, 1.807) is 0 Å². The number of alkyl halides is 2. The molecule has 2 saturated heterocycles. The van der Waals surface area contributed by atoms with Crippen LogP contribution in [-0.4, -0.2) is 84.6 Å². The van der Waals surface area contributed by atoms with Gasteiger partial charge in [0.2, 0.25) is 0 Å². The highest BCUT2D eigenvalue weighted by molar-refractivity contribution is 6.04. The molecule has 4 aliphatic rings. The number of nitrogens with two attached hydrogens (primary N) is 2. The van der Waals surface area contributed by atoms with Crippen molar-refractivity contribution in [2.75, 3.05) is 45.6 Å². The third-order valence-corrected chi connectivity index (χ3v) is 8.39. The van der Waals surface area contributed by atoms with E-state index in [1.165, 1.54) is 25.1 Å². The number of allylic oxidation sites excluding steroid dienone is 1. The van der Waals surface area contributed by atoms with Gasteiger partial charge in [-0.2, -0.15) is 8.78 Å². The van der Waals surface area contributed by atoms with Crippen LogP contribution in [0.1, 0.15) is 38.7 Å². The highest BCUT2D eigenvalue weighted by Crippen LogP contribution is 2.60. The number of halogens is 2. The Morgan fingerprint density at radius 2 is 2.06 bits per heavy atom. The minimum absolute atomic E-state index is 0.0273. The molecule has 2 aliphatic heterocycles. The summed E-state index contributed by atoms with van der Waals surface area (Å²) in [7, 11) is 2.17. The SMILES string of the molecule is CCC(C)N=C(C=C(N)c1cnc(N)c(OC(F)F)c1)C1C2CC(N3CC4(CN(C)CCO4)C3)CC21. The van der Waals surface area contributed by atoms with Crippen molar-refractivity contribution in [3.05, 3.63) is 23.9 Å². The smallest absolute Gasteiger partial charge is 0.387 e. The number of anilines is 1. The van der Waals surface area contributed by atoms with Gasteiger partial charge in [0.1, 0.15) is 5.60 Å². The van der Waals surface area contributed by atoms with Gasteiger partial charge >= 0.3 is 6.61 Å². The van der Waals surface area contributed by atoms with E-state index in [4.69, 9.17) is 21.2 Å². The van der Waals surface area contributed by atoms with Gasteiger partial charge in [0.25, 0.3) is 0 Å². The molecule has 10 heteroatoms. The molecule has 3 atom stereocenters. The first-order chi connectivity index (χ1) is 17.2. The maximum Gasteiger partial charge on any atom is 0.387 e. The molecule has 0 aromatic carbocycles. The Bertz CT molecular complexity index is 1020. The number of fused-ring (bicyclic) bond motifs is 1. The summed E-state index contributed by atoms with van der Waals surface area (Å²) in [6.45, 7) is 6.15. The molecular formula is C26H38F2N6O2. The van der Waals surface area contributed by atoms with Crippen LogP contribution >= 0.6 is 0 Å². The molecule has 1 spiro atoms. The molecular weight excluding hydrogens is 466 g/mol. The first kappa shape index (κ1) is 25.4. The summed E-state index contributed by atoms with van der Waals surface area (Å²) in [6.07, 6.45) is 6.65. The Kier molecular flexibility index (Phi) is 6.95. The predicted octanol–water partition coefficient (Wildman–Crippen LogP) is 2.85. The van der Waals surface area contributed by atoms with Crippen molar-refractivity contribution in [1.82, 2.24) is 14.8 Å². The zero-order valence-corrected chi connectivity index (χ0v) is 21.4. The Morgan fingerprint density at radius 1 is 1.33 bits per heavy atom. The summed E-state index contributed by atoms with van der Waals surface area (Å²) in [5.41, 5.74) is 14.0. The number of likely N-dealkylation sites (tertiary alicyclic amines) is 1. The van der Waals surface area contributed by atoms with E-state index in [2.05, 4.69) is 40.4 Å². The fourth-order valence-corrected chi connectivity index (χ4v) is 6.34. The first-order valence-electron chi connectivity index (χ1n) is 13.0. The molecule has 2 aliphatic carbocycles. The van der Waals surface area contributed by atoms with Gasteiger partial charge < -0.3 is 25.8 Å². The van der Waals surface area contributed by atoms with Crippen LogP contribution in [0.3, 0.4) is 0 Å². The lowest BCUT2D eigenvalue weighted by Crippen LogP contribution is -2.71. The zero-order valence-electron chi connectivity index (χ0n) is 21.4. The Hall–Kier alpha value is -2.30.